The van der Waals surface area contributed by atoms with Crippen LogP contribution in [0.1, 0.15) is 6.92 Å². The normalized spacial score (nSPS) is 17.4. The fourth-order valence-corrected chi connectivity index (χ4v) is 0.0962. The first kappa shape index (κ1) is 13.7. The van der Waals surface area contributed by atoms with Gasteiger partial charge in [-0.15, -0.1) is 0 Å². The average Bonchev–Trinajstić information content (AvgIpc) is 2.75. The minimum Gasteiger partial charge on any atom is -0.478 e. The summed E-state index contributed by atoms with van der Waals surface area (Å²) in [4.78, 5) is 9.25. The Morgan fingerprint density at radius 1 is 1.75 bits per heavy atom. The molecule has 0 bridgehead atoms. The first-order chi connectivity index (χ1) is 5.58. The summed E-state index contributed by atoms with van der Waals surface area (Å²) in [5, 5.41) is 7.60. The zero-order valence-electron chi connectivity index (χ0n) is 7.74. The van der Waals surface area contributed by atoms with Gasteiger partial charge in [-0.3, -0.25) is 0 Å². The van der Waals surface area contributed by atoms with Gasteiger partial charge in [0.05, 0.1) is 12.7 Å². The lowest BCUT2D eigenvalue weighted by molar-refractivity contribution is -0.131. The summed E-state index contributed by atoms with van der Waals surface area (Å²) >= 11 is 0. The maximum Gasteiger partial charge on any atom is 0.327 e. The second kappa shape index (κ2) is 10.1. The Labute approximate surface area is 72.8 Å². The van der Waals surface area contributed by atoms with Crippen molar-refractivity contribution < 1.29 is 19.4 Å². The predicted molar refractivity (Wildman–Crippen MR) is 46.2 cm³/mol. The Hall–Kier alpha value is -0.870. The molecular formula is C8H16O4. The summed E-state index contributed by atoms with van der Waals surface area (Å²) in [6.07, 6.45) is 1.42. The molecule has 12 heavy (non-hydrogen) atoms. The average molecular weight is 176 g/mol. The van der Waals surface area contributed by atoms with E-state index in [0.717, 1.165) is 12.7 Å². The quantitative estimate of drug-likeness (QED) is 0.477. The molecule has 1 rings (SSSR count). The predicted octanol–water partition coefficient (Wildman–Crippen LogP) is 0.925. The minimum atomic E-state index is -0.981. The molecule has 0 saturated carbocycles. The van der Waals surface area contributed by atoms with Gasteiger partial charge in [0.2, 0.25) is 0 Å². The molecule has 1 heterocycles. The van der Waals surface area contributed by atoms with Crippen LogP contribution in [-0.4, -0.2) is 38.0 Å². The fourth-order valence-electron chi connectivity index (χ4n) is 0.0962. The third-order valence-electron chi connectivity index (χ3n) is 0.675. The lowest BCUT2D eigenvalue weighted by Crippen LogP contribution is -1.82. The molecule has 1 aliphatic rings. The number of aliphatic carboxylic acids is 1. The van der Waals surface area contributed by atoms with Crippen LogP contribution in [0.2, 0.25) is 0 Å². The van der Waals surface area contributed by atoms with Crippen molar-refractivity contribution in [2.75, 3.05) is 20.8 Å². The zero-order valence-corrected chi connectivity index (χ0v) is 7.74. The summed E-state index contributed by atoms with van der Waals surface area (Å²) in [6.45, 7) is 6.00. The Balaban J connectivity index is 0. The topological polar surface area (TPSA) is 59.1 Å². The Morgan fingerprint density at radius 2 is 1.92 bits per heavy atom. The van der Waals surface area contributed by atoms with E-state index in [1.165, 1.54) is 0 Å². The van der Waals surface area contributed by atoms with E-state index in [1.54, 1.807) is 14.2 Å². The van der Waals surface area contributed by atoms with Gasteiger partial charge in [-0.2, -0.15) is 0 Å². The molecule has 1 aliphatic heterocycles. The number of hydrogen-bond acceptors (Lipinski definition) is 3. The number of hydrogen-bond donors (Lipinski definition) is 1. The lowest BCUT2D eigenvalue weighted by Gasteiger charge is -1.64. The van der Waals surface area contributed by atoms with Crippen molar-refractivity contribution in [2.45, 2.75) is 13.0 Å². The Kier molecular flexibility index (Phi) is 11.6. The van der Waals surface area contributed by atoms with Crippen LogP contribution in [0.3, 0.4) is 0 Å². The Bertz CT molecular complexity index is 118. The lowest BCUT2D eigenvalue weighted by atomic mass is 10.6. The summed E-state index contributed by atoms with van der Waals surface area (Å²) in [5.41, 5.74) is 0. The van der Waals surface area contributed by atoms with E-state index in [9.17, 15) is 4.79 Å². The van der Waals surface area contributed by atoms with Gasteiger partial charge in [0, 0.05) is 20.3 Å². The maximum atomic E-state index is 9.25. The number of methoxy groups -OCH3 is 1. The highest BCUT2D eigenvalue weighted by molar-refractivity contribution is 5.78. The molecule has 1 N–H and O–H groups in total. The highest BCUT2D eigenvalue weighted by Crippen LogP contribution is 2.04. The molecule has 0 aromatic rings. The van der Waals surface area contributed by atoms with E-state index in [0.29, 0.717) is 6.10 Å². The zero-order chi connectivity index (χ0) is 9.98. The van der Waals surface area contributed by atoms with E-state index in [4.69, 9.17) is 9.84 Å². The second-order valence-corrected chi connectivity index (χ2v) is 2.09. The van der Waals surface area contributed by atoms with Gasteiger partial charge in [-0.1, -0.05) is 6.58 Å². The molecule has 4 heteroatoms. The van der Waals surface area contributed by atoms with Crippen molar-refractivity contribution in [1.82, 2.24) is 0 Å². The van der Waals surface area contributed by atoms with E-state index >= 15 is 0 Å². The standard InChI is InChI=1S/C3H4O2.C3H6O.C2H6O/c1-2-3(4)5;1-3-2-4-3;1-3-2/h2H,1H2,(H,4,5);3H,2H2,1H3;1-2H3. The molecule has 0 amide bonds. The van der Waals surface area contributed by atoms with Gasteiger partial charge in [0.25, 0.3) is 0 Å². The molecule has 72 valence electrons. The number of carboxylic acids is 1. The molecule has 0 aromatic carbocycles. The largest absolute Gasteiger partial charge is 0.478 e. The van der Waals surface area contributed by atoms with Gasteiger partial charge in [-0.05, 0) is 6.92 Å². The van der Waals surface area contributed by atoms with Crippen LogP contribution in [-0.2, 0) is 14.3 Å². The first-order valence-corrected chi connectivity index (χ1v) is 3.45. The van der Waals surface area contributed by atoms with Gasteiger partial charge < -0.3 is 14.6 Å². The SMILES string of the molecule is C=CC(=O)O.CC1CO1.COC. The van der Waals surface area contributed by atoms with Gasteiger partial charge >= 0.3 is 5.97 Å². The number of carbonyl (C=O) groups is 1. The number of epoxide rings is 1. The van der Waals surface area contributed by atoms with Crippen molar-refractivity contribution >= 4 is 5.97 Å². The minimum absolute atomic E-state index is 0.583. The highest BCUT2D eigenvalue weighted by atomic mass is 16.6. The summed E-state index contributed by atoms with van der Waals surface area (Å²) in [7, 11) is 3.25. The molecular weight excluding hydrogens is 160 g/mol. The van der Waals surface area contributed by atoms with Crippen LogP contribution in [0.4, 0.5) is 0 Å². The van der Waals surface area contributed by atoms with Crippen LogP contribution in [0.15, 0.2) is 12.7 Å². The molecule has 0 radical (unpaired) electrons. The van der Waals surface area contributed by atoms with Crippen molar-refractivity contribution in [3.63, 3.8) is 0 Å². The van der Waals surface area contributed by atoms with E-state index < -0.39 is 5.97 Å². The maximum absolute atomic E-state index is 9.25. The number of rotatable bonds is 1. The summed E-state index contributed by atoms with van der Waals surface area (Å²) in [5.74, 6) is -0.981. The van der Waals surface area contributed by atoms with Gasteiger partial charge in [-0.25, -0.2) is 4.79 Å². The van der Waals surface area contributed by atoms with Crippen LogP contribution >= 0.6 is 0 Å². The molecule has 0 aliphatic carbocycles. The van der Waals surface area contributed by atoms with E-state index in [2.05, 4.69) is 18.2 Å². The van der Waals surface area contributed by atoms with Gasteiger partial charge in [0.1, 0.15) is 0 Å². The number of carboxylic acid groups (broad SMARTS) is 1. The molecule has 0 spiro atoms. The highest BCUT2D eigenvalue weighted by Gasteiger charge is 2.13. The summed E-state index contributed by atoms with van der Waals surface area (Å²) in [6, 6.07) is 0. The van der Waals surface area contributed by atoms with Crippen molar-refractivity contribution in [2.24, 2.45) is 0 Å². The Morgan fingerprint density at radius 3 is 1.92 bits per heavy atom. The molecule has 0 aromatic heterocycles. The summed E-state index contributed by atoms with van der Waals surface area (Å²) < 4.78 is 8.96. The fraction of sp³-hybridized carbons (Fsp3) is 0.625. The van der Waals surface area contributed by atoms with Crippen LogP contribution < -0.4 is 0 Å². The third kappa shape index (κ3) is 35.4. The van der Waals surface area contributed by atoms with Crippen molar-refractivity contribution in [3.05, 3.63) is 12.7 Å². The molecule has 1 unspecified atom stereocenters. The molecule has 1 atom stereocenters. The van der Waals surface area contributed by atoms with Crippen LogP contribution in [0.25, 0.3) is 0 Å². The van der Waals surface area contributed by atoms with Crippen molar-refractivity contribution in [1.29, 1.82) is 0 Å². The monoisotopic (exact) mass is 176 g/mol. The smallest absolute Gasteiger partial charge is 0.327 e. The first-order valence-electron chi connectivity index (χ1n) is 3.45. The van der Waals surface area contributed by atoms with Gasteiger partial charge in [0.15, 0.2) is 0 Å². The van der Waals surface area contributed by atoms with E-state index in [1.807, 2.05) is 0 Å². The second-order valence-electron chi connectivity index (χ2n) is 2.09. The molecule has 1 fully saturated rings. The van der Waals surface area contributed by atoms with Crippen molar-refractivity contribution in [3.8, 4) is 0 Å². The molecule has 1 saturated heterocycles. The van der Waals surface area contributed by atoms with Crippen LogP contribution in [0.5, 0.6) is 0 Å². The third-order valence-corrected chi connectivity index (χ3v) is 0.675. The molecule has 4 nitrogen and oxygen atoms in total. The van der Waals surface area contributed by atoms with Crippen LogP contribution in [0, 0.1) is 0 Å². The van der Waals surface area contributed by atoms with E-state index in [-0.39, 0.29) is 0 Å². The number of ether oxygens (including phenoxy) is 2.